The number of benzene rings is 3. The van der Waals surface area contributed by atoms with E-state index in [1.165, 1.54) is 0 Å². The van der Waals surface area contributed by atoms with Gasteiger partial charge in [0.15, 0.2) is 52.2 Å². The summed E-state index contributed by atoms with van der Waals surface area (Å²) in [6.45, 7) is 0. The molecule has 0 saturated heterocycles. The van der Waals surface area contributed by atoms with E-state index in [9.17, 15) is 52.7 Å². The number of hydrogen-bond acceptors (Lipinski definition) is 0. The summed E-state index contributed by atoms with van der Waals surface area (Å²) in [5.74, 6) is -33.0. The van der Waals surface area contributed by atoms with Gasteiger partial charge in [-0.3, -0.25) is 4.39 Å². The smallest absolute Gasteiger partial charge is 0.278 e. The molecule has 0 spiro atoms. The van der Waals surface area contributed by atoms with Crippen LogP contribution in [0.15, 0.2) is 0 Å². The second-order valence-electron chi connectivity index (χ2n) is 6.43. The van der Waals surface area contributed by atoms with Gasteiger partial charge in [-0.05, 0) is 5.56 Å². The summed E-state index contributed by atoms with van der Waals surface area (Å²) in [6.07, 6.45) is 0. The molecule has 14 heteroatoms. The zero-order chi connectivity index (χ0) is 24.0. The van der Waals surface area contributed by atoms with E-state index in [0.29, 0.717) is 0 Å². The first kappa shape index (κ1) is 25.0. The van der Waals surface area contributed by atoms with E-state index in [4.69, 9.17) is 0 Å². The summed E-state index contributed by atoms with van der Waals surface area (Å²) in [5.41, 5.74) is -15.7. The van der Waals surface area contributed by atoms with Gasteiger partial charge >= 0.3 is 18.9 Å². The number of alkyl halides is 1. The first-order valence-electron chi connectivity index (χ1n) is 7.96. The molecule has 1 aliphatic rings. The molecule has 0 fully saturated rings. The zero-order valence-corrected chi connectivity index (χ0v) is 15.4. The molecule has 33 heavy (non-hydrogen) atoms. The van der Waals surface area contributed by atoms with Crippen molar-refractivity contribution in [3.63, 3.8) is 0 Å². The van der Waals surface area contributed by atoms with Crippen molar-refractivity contribution in [3.8, 4) is 11.1 Å². The van der Waals surface area contributed by atoms with Crippen LogP contribution < -0.4 is 18.9 Å². The molecule has 0 nitrogen and oxygen atoms in total. The van der Waals surface area contributed by atoms with Crippen molar-refractivity contribution in [2.75, 3.05) is 0 Å². The standard InChI is InChI=1S/C19F13.Li/c20-3-1-2-4(9(22)8(3)21)5-6(11(24)15(28)14(27)10(5)23)19(2,32)7-12(25)16(29)18(31)17(30)13(7)26;/q-1;+1. The van der Waals surface area contributed by atoms with Crippen LogP contribution in [0.25, 0.3) is 11.1 Å². The van der Waals surface area contributed by atoms with Crippen molar-refractivity contribution in [1.29, 1.82) is 0 Å². The summed E-state index contributed by atoms with van der Waals surface area (Å²) < 4.78 is 184. The summed E-state index contributed by atoms with van der Waals surface area (Å²) in [6, 6.07) is 1.03. The van der Waals surface area contributed by atoms with Gasteiger partial charge in [-0.2, -0.15) is 0 Å². The fourth-order valence-electron chi connectivity index (χ4n) is 3.51. The molecule has 1 atom stereocenters. The van der Waals surface area contributed by atoms with Crippen LogP contribution in [0, 0.1) is 75.9 Å². The Morgan fingerprint density at radius 3 is 1.27 bits per heavy atom. The van der Waals surface area contributed by atoms with Crippen molar-refractivity contribution >= 4 is 0 Å². The van der Waals surface area contributed by atoms with Crippen molar-refractivity contribution in [2.45, 2.75) is 5.67 Å². The van der Waals surface area contributed by atoms with E-state index in [1.54, 1.807) is 0 Å². The maximum Gasteiger partial charge on any atom is 1.00 e. The summed E-state index contributed by atoms with van der Waals surface area (Å²) >= 11 is 0. The SMILES string of the molecule is Fc1[c-]c2c(c(F)c1F)-c1c(F)c(F)c(F)c(F)c1C2(F)c1c(F)c(F)c(F)c(F)c1F.[Li+]. The van der Waals surface area contributed by atoms with Gasteiger partial charge in [0, 0.05) is 11.4 Å². The molecule has 0 aromatic heterocycles. The maximum atomic E-state index is 16.2. The second-order valence-corrected chi connectivity index (χ2v) is 6.43. The number of hydrogen-bond donors (Lipinski definition) is 0. The molecule has 4 rings (SSSR count). The Morgan fingerprint density at radius 2 is 0.788 bits per heavy atom. The van der Waals surface area contributed by atoms with Crippen molar-refractivity contribution < 1.29 is 75.9 Å². The Morgan fingerprint density at radius 1 is 0.424 bits per heavy atom. The third-order valence-corrected chi connectivity index (χ3v) is 4.85. The van der Waals surface area contributed by atoms with Crippen molar-refractivity contribution in [2.24, 2.45) is 0 Å². The van der Waals surface area contributed by atoms with Gasteiger partial charge in [0.1, 0.15) is 0 Å². The largest absolute Gasteiger partial charge is 1.00 e. The molecule has 1 unspecified atom stereocenters. The minimum absolute atomic E-state index is 0. The summed E-state index contributed by atoms with van der Waals surface area (Å²) in [7, 11) is 0. The average molecular weight is 482 g/mol. The Labute approximate surface area is 185 Å². The number of halogens is 13. The molecule has 0 N–H and O–H groups in total. The molecule has 168 valence electrons. The van der Waals surface area contributed by atoms with Crippen LogP contribution in [0.2, 0.25) is 0 Å². The van der Waals surface area contributed by atoms with Crippen LogP contribution in [0.5, 0.6) is 0 Å². The molecule has 3 aromatic rings. The van der Waals surface area contributed by atoms with Crippen molar-refractivity contribution in [1.82, 2.24) is 0 Å². The predicted molar refractivity (Wildman–Crippen MR) is 77.6 cm³/mol. The van der Waals surface area contributed by atoms with E-state index in [0.717, 1.165) is 6.07 Å². The van der Waals surface area contributed by atoms with Crippen LogP contribution in [0.3, 0.4) is 0 Å². The second kappa shape index (κ2) is 7.70. The van der Waals surface area contributed by atoms with Gasteiger partial charge < -0.3 is 0 Å². The molecule has 1 aliphatic carbocycles. The molecule has 0 aliphatic heterocycles. The molecule has 0 radical (unpaired) electrons. The quantitative estimate of drug-likeness (QED) is 0.164. The minimum Gasteiger partial charge on any atom is -0.278 e. The van der Waals surface area contributed by atoms with E-state index < -0.39 is 103 Å². The molecule has 0 saturated carbocycles. The molecule has 3 aromatic carbocycles. The fourth-order valence-corrected chi connectivity index (χ4v) is 3.51. The monoisotopic (exact) mass is 482 g/mol. The Bertz CT molecular complexity index is 1340. The zero-order valence-electron chi connectivity index (χ0n) is 15.4. The Hall–Kier alpha value is -2.65. The molecule has 0 heterocycles. The van der Waals surface area contributed by atoms with Gasteiger partial charge in [-0.1, -0.05) is 5.56 Å². The minimum atomic E-state index is -4.77. The topological polar surface area (TPSA) is 0 Å². The first-order valence-corrected chi connectivity index (χ1v) is 7.96. The van der Waals surface area contributed by atoms with Gasteiger partial charge in [0.2, 0.25) is 5.82 Å². The Kier molecular flexibility index (Phi) is 5.83. The van der Waals surface area contributed by atoms with Crippen molar-refractivity contribution in [3.05, 3.63) is 92.6 Å². The maximum absolute atomic E-state index is 16.2. The van der Waals surface area contributed by atoms with E-state index in [1.807, 2.05) is 0 Å². The first-order chi connectivity index (χ1) is 14.8. The predicted octanol–water partition coefficient (Wildman–Crippen LogP) is 3.40. The third-order valence-electron chi connectivity index (χ3n) is 4.85. The Balaban J connectivity index is 0.00000306. The van der Waals surface area contributed by atoms with Crippen LogP contribution in [-0.2, 0) is 5.67 Å². The van der Waals surface area contributed by atoms with Gasteiger partial charge in [0.25, 0.3) is 0 Å². The molecular formula is C19F13Li. The van der Waals surface area contributed by atoms with Gasteiger partial charge in [0.05, 0.1) is 17.2 Å². The molecule has 0 bridgehead atoms. The number of fused-ring (bicyclic) bond motifs is 3. The van der Waals surface area contributed by atoms with Crippen LogP contribution >= 0.6 is 0 Å². The molecular weight excluding hydrogens is 482 g/mol. The van der Waals surface area contributed by atoms with E-state index >= 15 is 4.39 Å². The third kappa shape index (κ3) is 2.88. The van der Waals surface area contributed by atoms with Crippen LogP contribution in [0.1, 0.15) is 16.7 Å². The van der Waals surface area contributed by atoms with E-state index in [2.05, 4.69) is 0 Å². The van der Waals surface area contributed by atoms with Gasteiger partial charge in [-0.25, -0.2) is 52.7 Å². The fraction of sp³-hybridized carbons (Fsp3) is 0.0526. The average Bonchev–Trinajstić information content (AvgIpc) is 3.01. The van der Waals surface area contributed by atoms with Crippen LogP contribution in [-0.4, -0.2) is 0 Å². The van der Waals surface area contributed by atoms with Crippen LogP contribution in [0.4, 0.5) is 57.1 Å². The normalized spacial score (nSPS) is 16.5. The number of rotatable bonds is 1. The summed E-state index contributed by atoms with van der Waals surface area (Å²) in [4.78, 5) is 0. The van der Waals surface area contributed by atoms with Gasteiger partial charge in [-0.15, -0.1) is 11.6 Å². The summed E-state index contributed by atoms with van der Waals surface area (Å²) in [5, 5.41) is 0. The van der Waals surface area contributed by atoms with E-state index in [-0.39, 0.29) is 18.9 Å². The molecule has 0 amide bonds.